The summed E-state index contributed by atoms with van der Waals surface area (Å²) >= 11 is 0. The normalized spacial score (nSPS) is 14.5. The first-order chi connectivity index (χ1) is 27.8. The number of pyridine rings is 1. The van der Waals surface area contributed by atoms with Crippen LogP contribution in [0.3, 0.4) is 0 Å². The van der Waals surface area contributed by atoms with Gasteiger partial charge in [-0.1, -0.05) is 24.3 Å². The summed E-state index contributed by atoms with van der Waals surface area (Å²) < 4.78 is 115. The van der Waals surface area contributed by atoms with Gasteiger partial charge in [0.25, 0.3) is 21.5 Å². The molecule has 3 aromatic carbocycles. The van der Waals surface area contributed by atoms with Crippen LogP contribution in [0.25, 0.3) is 0 Å². The molecule has 1 atom stereocenters. The number of fused-ring (bicyclic) bond motifs is 1. The van der Waals surface area contributed by atoms with Gasteiger partial charge in [0.15, 0.2) is 0 Å². The smallest absolute Gasteiger partial charge is 0.416 e. The van der Waals surface area contributed by atoms with E-state index in [-0.39, 0.29) is 41.1 Å². The number of sulfonamides is 1. The van der Waals surface area contributed by atoms with E-state index in [4.69, 9.17) is 10.1 Å². The van der Waals surface area contributed by atoms with E-state index in [1.165, 1.54) is 6.07 Å². The molecule has 1 aromatic heterocycles. The zero-order valence-corrected chi connectivity index (χ0v) is 33.9. The standard InChI is InChI=1S/C41H43F6N5O7S/c1-21-22(2)34(23(3)28-18-19-39(4,5)59-33(21)28)60(57,58)52-38(48)49-20-6-7-31(37(55)56)51-36(54)29-16-17-30(50-35(29)53)32(24-8-12-26(13-9-24)40(42,43)44)25-10-14-27(15-11-25)41(45,46)47/h8-17,31-32H,6-7,18-20H2,1-5H3,(H,50,53)(H,51,54)(H,55,56)(H3,48,49,52)/t31-/m0/s1. The zero-order valence-electron chi connectivity index (χ0n) is 33.0. The molecule has 322 valence electrons. The number of carboxylic acids is 1. The number of aromatic amines is 1. The van der Waals surface area contributed by atoms with Gasteiger partial charge in [-0.15, -0.1) is 0 Å². The average molecular weight is 864 g/mol. The van der Waals surface area contributed by atoms with Gasteiger partial charge in [0.1, 0.15) is 23.0 Å². The van der Waals surface area contributed by atoms with Crippen molar-refractivity contribution in [2.45, 2.75) is 95.1 Å². The summed E-state index contributed by atoms with van der Waals surface area (Å²) in [6, 6.07) is 8.34. The molecule has 1 aliphatic rings. The van der Waals surface area contributed by atoms with Crippen LogP contribution in [0.15, 0.2) is 70.4 Å². The van der Waals surface area contributed by atoms with Crippen LogP contribution in [-0.2, 0) is 33.6 Å². The number of benzene rings is 3. The van der Waals surface area contributed by atoms with E-state index in [0.29, 0.717) is 35.3 Å². The minimum absolute atomic E-state index is 0.0140. The van der Waals surface area contributed by atoms with Crippen LogP contribution in [0.5, 0.6) is 5.75 Å². The molecule has 60 heavy (non-hydrogen) atoms. The molecule has 1 amide bonds. The molecule has 4 aromatic rings. The van der Waals surface area contributed by atoms with Crippen molar-refractivity contribution in [1.82, 2.24) is 20.3 Å². The number of aliphatic carboxylic acids is 1. The van der Waals surface area contributed by atoms with Gasteiger partial charge in [-0.25, -0.2) is 17.9 Å². The lowest BCUT2D eigenvalue weighted by molar-refractivity contribution is -0.139. The molecular weight excluding hydrogens is 821 g/mol. The summed E-state index contributed by atoms with van der Waals surface area (Å²) in [4.78, 5) is 40.9. The Balaban J connectivity index is 1.25. The minimum Gasteiger partial charge on any atom is -0.487 e. The number of aromatic nitrogens is 1. The first kappa shape index (κ1) is 45.2. The number of halogens is 6. The van der Waals surface area contributed by atoms with Crippen molar-refractivity contribution in [2.75, 3.05) is 6.54 Å². The highest BCUT2D eigenvalue weighted by Gasteiger charge is 2.35. The number of guanidine groups is 1. The van der Waals surface area contributed by atoms with Gasteiger partial charge in [-0.2, -0.15) is 26.3 Å². The summed E-state index contributed by atoms with van der Waals surface area (Å²) in [5.41, 5.74) is -1.13. The molecule has 0 radical (unpaired) electrons. The van der Waals surface area contributed by atoms with Crippen LogP contribution in [0.4, 0.5) is 26.3 Å². The molecule has 0 unspecified atom stereocenters. The van der Waals surface area contributed by atoms with E-state index in [1.807, 2.05) is 13.8 Å². The van der Waals surface area contributed by atoms with Crippen molar-refractivity contribution >= 4 is 27.9 Å². The molecule has 0 aliphatic carbocycles. The maximum absolute atomic E-state index is 13.5. The number of alkyl halides is 6. The molecule has 0 spiro atoms. The van der Waals surface area contributed by atoms with E-state index in [0.717, 1.165) is 60.2 Å². The third-order valence-electron chi connectivity index (χ3n) is 10.4. The number of ether oxygens (including phenoxy) is 1. The van der Waals surface area contributed by atoms with E-state index in [9.17, 15) is 54.3 Å². The summed E-state index contributed by atoms with van der Waals surface area (Å²) in [7, 11) is -4.24. The number of carboxylic acid groups (broad SMARTS) is 1. The Labute approximate surface area is 341 Å². The monoisotopic (exact) mass is 863 g/mol. The highest BCUT2D eigenvalue weighted by molar-refractivity contribution is 7.90. The van der Waals surface area contributed by atoms with Gasteiger partial charge in [-0.3, -0.25) is 15.0 Å². The highest BCUT2D eigenvalue weighted by atomic mass is 32.2. The SMILES string of the molecule is Cc1c(C)c(S(=O)(=O)NC(=N)NCCC[C@H](NC(=O)c2ccc(C(c3ccc(C(F)(F)F)cc3)c3ccc(C(F)(F)F)cc3)[nH]c2=O)C(=O)O)c(C)c2c1OC(C)(C)CC2. The Morgan fingerprint density at radius 2 is 1.43 bits per heavy atom. The zero-order chi connectivity index (χ0) is 44.5. The van der Waals surface area contributed by atoms with E-state index < -0.39 is 80.0 Å². The van der Waals surface area contributed by atoms with Gasteiger partial charge in [0.2, 0.25) is 5.96 Å². The molecule has 0 bridgehead atoms. The van der Waals surface area contributed by atoms with Crippen LogP contribution in [-0.4, -0.2) is 54.5 Å². The highest BCUT2D eigenvalue weighted by Crippen LogP contribution is 2.42. The quantitative estimate of drug-likeness (QED) is 0.0377. The van der Waals surface area contributed by atoms with Crippen molar-refractivity contribution < 1.29 is 54.2 Å². The fourth-order valence-corrected chi connectivity index (χ4v) is 8.63. The average Bonchev–Trinajstić information content (AvgIpc) is 3.14. The fourth-order valence-electron chi connectivity index (χ4n) is 7.10. The van der Waals surface area contributed by atoms with Crippen molar-refractivity contribution in [3.05, 3.63) is 127 Å². The van der Waals surface area contributed by atoms with Crippen LogP contribution < -0.4 is 25.7 Å². The Morgan fingerprint density at radius 3 is 1.93 bits per heavy atom. The van der Waals surface area contributed by atoms with Gasteiger partial charge >= 0.3 is 18.3 Å². The Hall–Kier alpha value is -5.85. The summed E-state index contributed by atoms with van der Waals surface area (Å²) in [5.74, 6) is -3.56. The third kappa shape index (κ3) is 10.1. The van der Waals surface area contributed by atoms with Crippen molar-refractivity contribution in [2.24, 2.45) is 0 Å². The second kappa shape index (κ2) is 17.0. The second-order valence-electron chi connectivity index (χ2n) is 15.1. The first-order valence-electron chi connectivity index (χ1n) is 18.6. The number of hydrogen-bond donors (Lipinski definition) is 6. The molecule has 2 heterocycles. The largest absolute Gasteiger partial charge is 0.487 e. The lowest BCUT2D eigenvalue weighted by Crippen LogP contribution is -2.44. The Morgan fingerprint density at radius 1 is 0.883 bits per heavy atom. The molecular formula is C41H43F6N5O7S. The van der Waals surface area contributed by atoms with Crippen LogP contribution in [0.1, 0.15) is 99.6 Å². The number of nitrogens with one attached hydrogen (secondary N) is 5. The number of H-pyrrole nitrogens is 1. The number of hydrogen-bond acceptors (Lipinski definition) is 7. The molecule has 5 rings (SSSR count). The fraction of sp³-hybridized carbons (Fsp3) is 0.366. The topological polar surface area (TPSA) is 191 Å². The van der Waals surface area contributed by atoms with Crippen molar-refractivity contribution in [1.29, 1.82) is 5.41 Å². The number of amides is 1. The Bertz CT molecular complexity index is 2410. The van der Waals surface area contributed by atoms with Crippen LogP contribution >= 0.6 is 0 Å². The van der Waals surface area contributed by atoms with E-state index >= 15 is 0 Å². The van der Waals surface area contributed by atoms with E-state index in [1.54, 1.807) is 20.8 Å². The molecule has 0 fully saturated rings. The van der Waals surface area contributed by atoms with Gasteiger partial charge in [0, 0.05) is 18.2 Å². The van der Waals surface area contributed by atoms with Gasteiger partial charge < -0.3 is 25.5 Å². The summed E-state index contributed by atoms with van der Waals surface area (Å²) in [6.45, 7) is 8.94. The number of rotatable bonds is 12. The summed E-state index contributed by atoms with van der Waals surface area (Å²) in [5, 5.41) is 22.9. The predicted octanol–water partition coefficient (Wildman–Crippen LogP) is 7.09. The molecule has 0 saturated heterocycles. The van der Waals surface area contributed by atoms with E-state index in [2.05, 4.69) is 20.3 Å². The number of carbonyl (C=O) groups is 2. The van der Waals surface area contributed by atoms with Gasteiger partial charge in [0.05, 0.1) is 16.0 Å². The molecule has 1 aliphatic heterocycles. The van der Waals surface area contributed by atoms with Crippen molar-refractivity contribution in [3.63, 3.8) is 0 Å². The minimum atomic E-state index is -4.67. The third-order valence-corrected chi connectivity index (χ3v) is 12.0. The van der Waals surface area contributed by atoms with Gasteiger partial charge in [-0.05, 0) is 130 Å². The van der Waals surface area contributed by atoms with Crippen molar-refractivity contribution in [3.8, 4) is 5.75 Å². The predicted molar refractivity (Wildman–Crippen MR) is 209 cm³/mol. The first-order valence-corrected chi connectivity index (χ1v) is 20.1. The summed E-state index contributed by atoms with van der Waals surface area (Å²) in [6.07, 6.45) is -8.26. The maximum Gasteiger partial charge on any atom is 0.416 e. The Kier molecular flexibility index (Phi) is 12.8. The maximum atomic E-state index is 13.5. The van der Waals surface area contributed by atoms with Crippen LogP contribution in [0, 0.1) is 26.2 Å². The number of carbonyl (C=O) groups excluding carboxylic acids is 1. The lowest BCUT2D eigenvalue weighted by atomic mass is 9.87. The molecule has 19 heteroatoms. The molecule has 0 saturated carbocycles. The second-order valence-corrected chi connectivity index (χ2v) is 16.7. The lowest BCUT2D eigenvalue weighted by Gasteiger charge is -2.35. The molecule has 12 nitrogen and oxygen atoms in total. The van der Waals surface area contributed by atoms with Crippen LogP contribution in [0.2, 0.25) is 0 Å². The molecule has 6 N–H and O–H groups in total.